The van der Waals surface area contributed by atoms with Gasteiger partial charge in [0.1, 0.15) is 5.75 Å². The quantitative estimate of drug-likeness (QED) is 0.547. The fourth-order valence-electron chi connectivity index (χ4n) is 3.82. The molecule has 0 heterocycles. The molecule has 1 N–H and O–H groups in total. The number of hydrogen-bond donors (Lipinski definition) is 1. The topological polar surface area (TPSA) is 20.2 Å². The van der Waals surface area contributed by atoms with E-state index in [4.69, 9.17) is 0 Å². The van der Waals surface area contributed by atoms with Gasteiger partial charge in [0.05, 0.1) is 8.07 Å². The standard InChI is InChI=1S/C22H40OSi/c1-10-24(11-2,12-3)14-13-17-15-19(22(7,8)9)20(23)16-18(17)21(4,5)6/h15-16,23H,10-14H2,1-9H3. The molecule has 138 valence electrons. The molecule has 0 saturated carbocycles. The molecule has 0 atom stereocenters. The van der Waals surface area contributed by atoms with Crippen molar-refractivity contribution in [1.82, 2.24) is 0 Å². The molecular formula is C22H40OSi. The van der Waals surface area contributed by atoms with E-state index in [2.05, 4.69) is 68.4 Å². The van der Waals surface area contributed by atoms with Crippen molar-refractivity contribution < 1.29 is 5.11 Å². The molecule has 24 heavy (non-hydrogen) atoms. The van der Waals surface area contributed by atoms with Gasteiger partial charge in [0.25, 0.3) is 0 Å². The highest BCUT2D eigenvalue weighted by molar-refractivity contribution is 6.79. The van der Waals surface area contributed by atoms with E-state index in [-0.39, 0.29) is 10.8 Å². The summed E-state index contributed by atoms with van der Waals surface area (Å²) in [7, 11) is -1.12. The van der Waals surface area contributed by atoms with Gasteiger partial charge in [-0.3, -0.25) is 0 Å². The average molecular weight is 349 g/mol. The molecular weight excluding hydrogens is 308 g/mol. The lowest BCUT2D eigenvalue weighted by Crippen LogP contribution is -2.32. The second-order valence-corrected chi connectivity index (χ2v) is 15.2. The molecule has 0 saturated heterocycles. The number of aromatic hydroxyl groups is 1. The second kappa shape index (κ2) is 7.64. The number of hydrogen-bond acceptors (Lipinski definition) is 1. The maximum atomic E-state index is 10.6. The SMILES string of the molecule is CC[Si](CC)(CC)CCc1cc(C(C)(C)C)c(O)cc1C(C)(C)C. The van der Waals surface area contributed by atoms with Crippen molar-refractivity contribution in [2.75, 3.05) is 0 Å². The van der Waals surface area contributed by atoms with Crippen LogP contribution >= 0.6 is 0 Å². The van der Waals surface area contributed by atoms with E-state index < -0.39 is 8.07 Å². The Balaban J connectivity index is 3.33. The maximum Gasteiger partial charge on any atom is 0.119 e. The van der Waals surface area contributed by atoms with Crippen molar-refractivity contribution in [2.24, 2.45) is 0 Å². The predicted octanol–water partition coefficient (Wildman–Crippen LogP) is 7.04. The molecule has 0 aromatic heterocycles. The van der Waals surface area contributed by atoms with Crippen LogP contribution in [0.15, 0.2) is 12.1 Å². The van der Waals surface area contributed by atoms with Crippen molar-refractivity contribution in [1.29, 1.82) is 0 Å². The van der Waals surface area contributed by atoms with Gasteiger partial charge in [-0.2, -0.15) is 0 Å². The van der Waals surface area contributed by atoms with E-state index in [0.29, 0.717) is 5.75 Å². The monoisotopic (exact) mass is 348 g/mol. The Labute approximate surface area is 151 Å². The first-order chi connectivity index (χ1) is 10.9. The van der Waals surface area contributed by atoms with E-state index in [0.717, 1.165) is 12.0 Å². The Bertz CT molecular complexity index is 534. The zero-order valence-corrected chi connectivity index (χ0v) is 18.6. The smallest absolute Gasteiger partial charge is 0.119 e. The molecule has 0 unspecified atom stereocenters. The maximum absolute atomic E-state index is 10.6. The van der Waals surface area contributed by atoms with Gasteiger partial charge >= 0.3 is 0 Å². The van der Waals surface area contributed by atoms with Crippen LogP contribution in [-0.2, 0) is 17.3 Å². The molecule has 0 aliphatic carbocycles. The van der Waals surface area contributed by atoms with Gasteiger partial charge in [-0.15, -0.1) is 0 Å². The summed E-state index contributed by atoms with van der Waals surface area (Å²) in [4.78, 5) is 0. The van der Waals surface area contributed by atoms with Crippen LogP contribution < -0.4 is 0 Å². The zero-order valence-electron chi connectivity index (χ0n) is 17.6. The Kier molecular flexibility index (Phi) is 6.77. The Hall–Kier alpha value is -0.763. The molecule has 1 nitrogen and oxygen atoms in total. The molecule has 1 aromatic rings. The van der Waals surface area contributed by atoms with Gasteiger partial charge in [-0.05, 0) is 40.0 Å². The normalized spacial score (nSPS) is 13.4. The highest BCUT2D eigenvalue weighted by Gasteiger charge is 2.29. The molecule has 0 amide bonds. The Morgan fingerprint density at radius 3 is 1.62 bits per heavy atom. The second-order valence-electron chi connectivity index (χ2n) is 9.59. The number of benzene rings is 1. The minimum absolute atomic E-state index is 0.0238. The van der Waals surface area contributed by atoms with Gasteiger partial charge in [-0.1, -0.05) is 92.6 Å². The first-order valence-corrected chi connectivity index (χ1v) is 12.6. The highest BCUT2D eigenvalue weighted by atomic mass is 28.3. The molecule has 0 bridgehead atoms. The minimum atomic E-state index is -1.12. The van der Waals surface area contributed by atoms with Gasteiger partial charge in [0, 0.05) is 0 Å². The van der Waals surface area contributed by atoms with E-state index in [1.165, 1.54) is 35.3 Å². The summed E-state index contributed by atoms with van der Waals surface area (Å²) in [5.41, 5.74) is 3.90. The summed E-state index contributed by atoms with van der Waals surface area (Å²) < 4.78 is 0. The number of phenols is 1. The fourth-order valence-corrected chi connectivity index (χ4v) is 7.18. The van der Waals surface area contributed by atoms with Crippen LogP contribution in [0.4, 0.5) is 0 Å². The summed E-state index contributed by atoms with van der Waals surface area (Å²) >= 11 is 0. The third kappa shape index (κ3) is 4.88. The Morgan fingerprint density at radius 2 is 1.25 bits per heavy atom. The van der Waals surface area contributed by atoms with E-state index in [9.17, 15) is 5.11 Å². The molecule has 0 radical (unpaired) electrons. The lowest BCUT2D eigenvalue weighted by molar-refractivity contribution is 0.442. The van der Waals surface area contributed by atoms with Gasteiger partial charge in [-0.25, -0.2) is 0 Å². The van der Waals surface area contributed by atoms with Crippen LogP contribution in [-0.4, -0.2) is 13.2 Å². The van der Waals surface area contributed by atoms with Crippen molar-refractivity contribution in [3.8, 4) is 5.75 Å². The van der Waals surface area contributed by atoms with Crippen molar-refractivity contribution in [3.63, 3.8) is 0 Å². The van der Waals surface area contributed by atoms with Crippen LogP contribution in [0.5, 0.6) is 5.75 Å². The average Bonchev–Trinajstić information content (AvgIpc) is 2.47. The predicted molar refractivity (Wildman–Crippen MR) is 111 cm³/mol. The molecule has 0 fully saturated rings. The third-order valence-corrected chi connectivity index (χ3v) is 11.8. The lowest BCUT2D eigenvalue weighted by Gasteiger charge is -2.31. The zero-order chi connectivity index (χ0) is 18.8. The number of rotatable bonds is 6. The van der Waals surface area contributed by atoms with E-state index in [1.54, 1.807) is 0 Å². The highest BCUT2D eigenvalue weighted by Crippen LogP contribution is 2.38. The molecule has 2 heteroatoms. The number of phenolic OH excluding ortho intramolecular Hbond substituents is 1. The molecule has 1 rings (SSSR count). The summed E-state index contributed by atoms with van der Waals surface area (Å²) in [5.74, 6) is 0.459. The molecule has 0 aliphatic rings. The van der Waals surface area contributed by atoms with E-state index >= 15 is 0 Å². The Morgan fingerprint density at radius 1 is 0.792 bits per heavy atom. The van der Waals surface area contributed by atoms with Crippen LogP contribution in [0, 0.1) is 0 Å². The van der Waals surface area contributed by atoms with Crippen molar-refractivity contribution in [2.45, 2.75) is 104 Å². The molecule has 0 spiro atoms. The summed E-state index contributed by atoms with van der Waals surface area (Å²) in [6, 6.07) is 9.87. The summed E-state index contributed by atoms with van der Waals surface area (Å²) in [6.45, 7) is 20.5. The summed E-state index contributed by atoms with van der Waals surface area (Å²) in [5, 5.41) is 10.6. The largest absolute Gasteiger partial charge is 0.508 e. The first kappa shape index (κ1) is 21.3. The lowest BCUT2D eigenvalue weighted by atomic mass is 9.78. The van der Waals surface area contributed by atoms with Crippen LogP contribution in [0.3, 0.4) is 0 Å². The van der Waals surface area contributed by atoms with Crippen molar-refractivity contribution >= 4 is 8.07 Å². The third-order valence-electron chi connectivity index (χ3n) is 6.01. The van der Waals surface area contributed by atoms with Gasteiger partial charge < -0.3 is 5.11 Å². The molecule has 1 aromatic carbocycles. The van der Waals surface area contributed by atoms with Crippen molar-refractivity contribution in [3.05, 3.63) is 28.8 Å². The fraction of sp³-hybridized carbons (Fsp3) is 0.727. The van der Waals surface area contributed by atoms with Crippen LogP contribution in [0.25, 0.3) is 0 Å². The first-order valence-electron chi connectivity index (χ1n) is 9.77. The van der Waals surface area contributed by atoms with E-state index in [1.807, 2.05) is 6.07 Å². The van der Waals surface area contributed by atoms with Crippen LogP contribution in [0.2, 0.25) is 24.2 Å². The van der Waals surface area contributed by atoms with Gasteiger partial charge in [0.15, 0.2) is 0 Å². The minimum Gasteiger partial charge on any atom is -0.508 e. The van der Waals surface area contributed by atoms with Gasteiger partial charge in [0.2, 0.25) is 0 Å². The molecule has 0 aliphatic heterocycles. The summed E-state index contributed by atoms with van der Waals surface area (Å²) in [6.07, 6.45) is 1.16. The van der Waals surface area contributed by atoms with Crippen LogP contribution in [0.1, 0.15) is 79.0 Å². The number of aryl methyl sites for hydroxylation is 1.